The molecule has 7 heteroatoms. The number of aliphatic hydroxyl groups excluding tert-OH is 1. The van der Waals surface area contributed by atoms with Crippen molar-refractivity contribution < 1.29 is 18.3 Å². The molecule has 2 N–H and O–H groups in total. The standard InChI is InChI=1S/C16H18F3N3O/c17-16(18,19)14-5-3-7-22-15(14)10-20-9-12(11-23)8-13-4-1-2-6-21-13/h1-7,12,20,23H,8-11H2. The largest absolute Gasteiger partial charge is 0.418 e. The highest BCUT2D eigenvalue weighted by atomic mass is 19.4. The number of nitrogens with one attached hydrogen (secondary N) is 1. The van der Waals surface area contributed by atoms with E-state index < -0.39 is 11.7 Å². The minimum atomic E-state index is -4.42. The van der Waals surface area contributed by atoms with E-state index in [1.807, 2.05) is 12.1 Å². The van der Waals surface area contributed by atoms with Gasteiger partial charge in [-0.2, -0.15) is 13.2 Å². The van der Waals surface area contributed by atoms with Crippen LogP contribution in [0, 0.1) is 5.92 Å². The Morgan fingerprint density at radius 3 is 2.52 bits per heavy atom. The van der Waals surface area contributed by atoms with E-state index in [2.05, 4.69) is 15.3 Å². The van der Waals surface area contributed by atoms with Crippen LogP contribution in [0.15, 0.2) is 42.7 Å². The first-order valence-corrected chi connectivity index (χ1v) is 7.23. The minimum absolute atomic E-state index is 0.00555. The summed E-state index contributed by atoms with van der Waals surface area (Å²) in [6.45, 7) is 0.299. The van der Waals surface area contributed by atoms with E-state index in [1.54, 1.807) is 12.3 Å². The summed E-state index contributed by atoms with van der Waals surface area (Å²) >= 11 is 0. The number of hydrogen-bond donors (Lipinski definition) is 2. The molecule has 0 aliphatic heterocycles. The van der Waals surface area contributed by atoms with Crippen molar-refractivity contribution in [2.75, 3.05) is 13.2 Å². The highest BCUT2D eigenvalue weighted by molar-refractivity contribution is 5.22. The van der Waals surface area contributed by atoms with E-state index in [0.717, 1.165) is 11.8 Å². The molecule has 0 saturated heterocycles. The van der Waals surface area contributed by atoms with Crippen molar-refractivity contribution in [2.24, 2.45) is 5.92 Å². The van der Waals surface area contributed by atoms with Crippen molar-refractivity contribution in [3.8, 4) is 0 Å². The van der Waals surface area contributed by atoms with Gasteiger partial charge in [0, 0.05) is 37.8 Å². The van der Waals surface area contributed by atoms with Crippen molar-refractivity contribution in [3.63, 3.8) is 0 Å². The predicted molar refractivity (Wildman–Crippen MR) is 79.5 cm³/mol. The fraction of sp³-hybridized carbons (Fsp3) is 0.375. The van der Waals surface area contributed by atoms with Gasteiger partial charge < -0.3 is 10.4 Å². The number of rotatable bonds is 7. The molecule has 0 aliphatic carbocycles. The van der Waals surface area contributed by atoms with E-state index in [4.69, 9.17) is 0 Å². The van der Waals surface area contributed by atoms with E-state index in [1.165, 1.54) is 12.3 Å². The zero-order chi connectivity index (χ0) is 16.7. The summed E-state index contributed by atoms with van der Waals surface area (Å²) in [6, 6.07) is 7.79. The molecule has 2 aromatic heterocycles. The number of pyridine rings is 2. The number of hydrogen-bond acceptors (Lipinski definition) is 4. The SMILES string of the molecule is OCC(CNCc1ncccc1C(F)(F)F)Cc1ccccn1. The Morgan fingerprint density at radius 1 is 1.09 bits per heavy atom. The summed E-state index contributed by atoms with van der Waals surface area (Å²) in [5, 5.41) is 12.3. The van der Waals surface area contributed by atoms with Crippen LogP contribution in [0.2, 0.25) is 0 Å². The number of nitrogens with zero attached hydrogens (tertiary/aromatic N) is 2. The van der Waals surface area contributed by atoms with Gasteiger partial charge >= 0.3 is 6.18 Å². The van der Waals surface area contributed by atoms with Gasteiger partial charge in [-0.25, -0.2) is 0 Å². The topological polar surface area (TPSA) is 58.0 Å². The molecule has 0 radical (unpaired) electrons. The van der Waals surface area contributed by atoms with Crippen LogP contribution >= 0.6 is 0 Å². The van der Waals surface area contributed by atoms with Gasteiger partial charge in [-0.05, 0) is 36.6 Å². The molecular formula is C16H18F3N3O. The Hall–Kier alpha value is -1.99. The van der Waals surface area contributed by atoms with Crippen LogP contribution in [-0.4, -0.2) is 28.2 Å². The maximum atomic E-state index is 12.9. The maximum Gasteiger partial charge on any atom is 0.418 e. The molecular weight excluding hydrogens is 307 g/mol. The Labute approximate surface area is 132 Å². The van der Waals surface area contributed by atoms with Gasteiger partial charge in [-0.1, -0.05) is 6.07 Å². The number of aliphatic hydroxyl groups is 1. The molecule has 1 unspecified atom stereocenters. The van der Waals surface area contributed by atoms with Crippen LogP contribution in [0.3, 0.4) is 0 Å². The zero-order valence-corrected chi connectivity index (χ0v) is 12.4. The van der Waals surface area contributed by atoms with Crippen molar-refractivity contribution in [1.29, 1.82) is 0 Å². The Kier molecular flexibility index (Phi) is 6.06. The third-order valence-electron chi connectivity index (χ3n) is 3.40. The molecule has 1 atom stereocenters. The average Bonchev–Trinajstić information content (AvgIpc) is 2.54. The fourth-order valence-corrected chi connectivity index (χ4v) is 2.25. The second-order valence-corrected chi connectivity index (χ2v) is 5.20. The molecule has 0 saturated carbocycles. The quantitative estimate of drug-likeness (QED) is 0.821. The smallest absolute Gasteiger partial charge is 0.396 e. The molecule has 0 spiro atoms. The molecule has 4 nitrogen and oxygen atoms in total. The molecule has 2 aromatic rings. The van der Waals surface area contributed by atoms with Crippen LogP contribution < -0.4 is 5.32 Å². The molecule has 2 rings (SSSR count). The molecule has 23 heavy (non-hydrogen) atoms. The van der Waals surface area contributed by atoms with Crippen molar-refractivity contribution in [3.05, 3.63) is 59.7 Å². The summed E-state index contributed by atoms with van der Waals surface area (Å²) in [4.78, 5) is 7.97. The molecule has 0 bridgehead atoms. The summed E-state index contributed by atoms with van der Waals surface area (Å²) in [5.41, 5.74) is 0.0504. The van der Waals surface area contributed by atoms with Crippen molar-refractivity contribution >= 4 is 0 Å². The fourth-order valence-electron chi connectivity index (χ4n) is 2.25. The lowest BCUT2D eigenvalue weighted by Gasteiger charge is -2.16. The number of aromatic nitrogens is 2. The number of halogens is 3. The van der Waals surface area contributed by atoms with Crippen LogP contribution in [0.25, 0.3) is 0 Å². The van der Waals surface area contributed by atoms with E-state index >= 15 is 0 Å². The average molecular weight is 325 g/mol. The van der Waals surface area contributed by atoms with E-state index in [-0.39, 0.29) is 24.8 Å². The van der Waals surface area contributed by atoms with Crippen molar-refractivity contribution in [1.82, 2.24) is 15.3 Å². The van der Waals surface area contributed by atoms with Gasteiger partial charge in [0.15, 0.2) is 0 Å². The highest BCUT2D eigenvalue weighted by Crippen LogP contribution is 2.30. The molecule has 0 fully saturated rings. The van der Waals surface area contributed by atoms with Gasteiger partial charge in [-0.3, -0.25) is 9.97 Å². The highest BCUT2D eigenvalue weighted by Gasteiger charge is 2.33. The lowest BCUT2D eigenvalue weighted by atomic mass is 10.0. The second kappa shape index (κ2) is 8.03. The normalized spacial score (nSPS) is 13.0. The summed E-state index contributed by atoms with van der Waals surface area (Å²) < 4.78 is 38.6. The van der Waals surface area contributed by atoms with Gasteiger partial charge in [0.2, 0.25) is 0 Å². The molecule has 124 valence electrons. The van der Waals surface area contributed by atoms with Gasteiger partial charge in [-0.15, -0.1) is 0 Å². The van der Waals surface area contributed by atoms with E-state index in [0.29, 0.717) is 13.0 Å². The lowest BCUT2D eigenvalue weighted by molar-refractivity contribution is -0.138. The van der Waals surface area contributed by atoms with Crippen LogP contribution in [0.5, 0.6) is 0 Å². The first-order chi connectivity index (χ1) is 11.0. The molecule has 2 heterocycles. The number of alkyl halides is 3. The first-order valence-electron chi connectivity index (χ1n) is 7.23. The third-order valence-corrected chi connectivity index (χ3v) is 3.40. The van der Waals surface area contributed by atoms with Gasteiger partial charge in [0.05, 0.1) is 11.3 Å². The predicted octanol–water partition coefficient (Wildman–Crippen LogP) is 2.44. The molecule has 0 aromatic carbocycles. The molecule has 0 aliphatic rings. The van der Waals surface area contributed by atoms with Crippen LogP contribution in [0.1, 0.15) is 17.0 Å². The zero-order valence-electron chi connectivity index (χ0n) is 12.4. The van der Waals surface area contributed by atoms with Gasteiger partial charge in [0.1, 0.15) is 0 Å². The Bertz CT molecular complexity index is 605. The third kappa shape index (κ3) is 5.30. The minimum Gasteiger partial charge on any atom is -0.396 e. The van der Waals surface area contributed by atoms with Gasteiger partial charge in [0.25, 0.3) is 0 Å². The summed E-state index contributed by atoms with van der Waals surface area (Å²) in [6.07, 6.45) is -0.862. The first kappa shape index (κ1) is 17.4. The van der Waals surface area contributed by atoms with E-state index in [9.17, 15) is 18.3 Å². The Morgan fingerprint density at radius 2 is 1.87 bits per heavy atom. The van der Waals surface area contributed by atoms with Crippen LogP contribution in [-0.2, 0) is 19.1 Å². The van der Waals surface area contributed by atoms with Crippen LogP contribution in [0.4, 0.5) is 13.2 Å². The summed E-state index contributed by atoms with van der Waals surface area (Å²) in [7, 11) is 0. The summed E-state index contributed by atoms with van der Waals surface area (Å²) in [5.74, 6) is -0.122. The molecule has 0 amide bonds. The monoisotopic (exact) mass is 325 g/mol. The Balaban J connectivity index is 1.91. The van der Waals surface area contributed by atoms with Crippen molar-refractivity contribution in [2.45, 2.75) is 19.1 Å². The maximum absolute atomic E-state index is 12.9. The lowest BCUT2D eigenvalue weighted by Crippen LogP contribution is -2.28. The second-order valence-electron chi connectivity index (χ2n) is 5.20.